The van der Waals surface area contributed by atoms with Crippen molar-refractivity contribution in [3.63, 3.8) is 0 Å². The molecule has 0 aliphatic carbocycles. The lowest BCUT2D eigenvalue weighted by molar-refractivity contribution is 0.539. The van der Waals surface area contributed by atoms with E-state index in [-0.39, 0.29) is 17.3 Å². The summed E-state index contributed by atoms with van der Waals surface area (Å²) in [5, 5.41) is 4.02. The minimum atomic E-state index is -0.534. The second-order valence-electron chi connectivity index (χ2n) is 4.13. The van der Waals surface area contributed by atoms with Gasteiger partial charge in [-0.05, 0) is 12.1 Å². The molecule has 1 aromatic carbocycles. The van der Waals surface area contributed by atoms with E-state index in [9.17, 15) is 4.39 Å². The average Bonchev–Trinajstić information content (AvgIpc) is 2.80. The number of halogens is 1. The zero-order chi connectivity index (χ0) is 14.1. The lowest BCUT2D eigenvalue weighted by atomic mass is 10.2. The number of nitrogen functional groups attached to an aromatic ring is 2. The number of anilines is 2. The molecular formula is C13H11FN6. The first kappa shape index (κ1) is 12.1. The smallest absolute Gasteiger partial charge is 0.225 e. The molecule has 0 fully saturated rings. The highest BCUT2D eigenvalue weighted by Crippen LogP contribution is 2.24. The quantitative estimate of drug-likeness (QED) is 0.738. The van der Waals surface area contributed by atoms with E-state index in [0.717, 1.165) is 0 Å². The van der Waals surface area contributed by atoms with Crippen molar-refractivity contribution in [2.24, 2.45) is 0 Å². The summed E-state index contributed by atoms with van der Waals surface area (Å²) in [5.41, 5.74) is 12.2. The van der Waals surface area contributed by atoms with Gasteiger partial charge in [-0.3, -0.25) is 0 Å². The normalized spacial score (nSPS) is 10.7. The fraction of sp³-hybridized carbons (Fsp3) is 0. The maximum atomic E-state index is 14.4. The number of hydrogen-bond acceptors (Lipinski definition) is 5. The number of nitrogens with two attached hydrogens (primary N) is 2. The minimum absolute atomic E-state index is 0.00754. The van der Waals surface area contributed by atoms with Gasteiger partial charge in [0.25, 0.3) is 0 Å². The average molecular weight is 270 g/mol. The monoisotopic (exact) mass is 270 g/mol. The Balaban J connectivity index is 2.11. The second-order valence-corrected chi connectivity index (χ2v) is 4.13. The molecule has 0 saturated carbocycles. The molecule has 0 bridgehead atoms. The number of rotatable bonds is 2. The maximum absolute atomic E-state index is 14.4. The van der Waals surface area contributed by atoms with Crippen molar-refractivity contribution in [1.82, 2.24) is 19.7 Å². The highest BCUT2D eigenvalue weighted by Gasteiger charge is 2.15. The predicted octanol–water partition coefficient (Wildman–Crippen LogP) is 1.63. The molecule has 0 aliphatic rings. The largest absolute Gasteiger partial charge is 0.384 e. The molecule has 4 N–H and O–H groups in total. The minimum Gasteiger partial charge on any atom is -0.384 e. The molecule has 3 rings (SSSR count). The van der Waals surface area contributed by atoms with Gasteiger partial charge < -0.3 is 11.5 Å². The summed E-state index contributed by atoms with van der Waals surface area (Å²) in [5.74, 6) is -0.361. The van der Waals surface area contributed by atoms with Crippen LogP contribution < -0.4 is 11.5 Å². The number of hydrogen-bond donors (Lipinski definition) is 2. The van der Waals surface area contributed by atoms with E-state index >= 15 is 0 Å². The molecule has 0 spiro atoms. The molecule has 0 unspecified atom stereocenters. The SMILES string of the molecule is Nc1cc(-c2cnn(-c3ccccc3)c2F)nc(N)n1. The van der Waals surface area contributed by atoms with E-state index < -0.39 is 5.95 Å². The van der Waals surface area contributed by atoms with E-state index in [1.165, 1.54) is 16.9 Å². The van der Waals surface area contributed by atoms with Crippen LogP contribution >= 0.6 is 0 Å². The van der Waals surface area contributed by atoms with E-state index in [2.05, 4.69) is 15.1 Å². The first-order valence-corrected chi connectivity index (χ1v) is 5.84. The first-order valence-electron chi connectivity index (χ1n) is 5.84. The highest BCUT2D eigenvalue weighted by molar-refractivity contribution is 5.63. The van der Waals surface area contributed by atoms with Crippen molar-refractivity contribution in [2.75, 3.05) is 11.5 Å². The topological polar surface area (TPSA) is 95.6 Å². The zero-order valence-corrected chi connectivity index (χ0v) is 10.4. The van der Waals surface area contributed by atoms with Crippen molar-refractivity contribution in [2.45, 2.75) is 0 Å². The van der Waals surface area contributed by atoms with E-state index in [4.69, 9.17) is 11.5 Å². The third kappa shape index (κ3) is 2.05. The van der Waals surface area contributed by atoms with Gasteiger partial charge >= 0.3 is 0 Å². The third-order valence-electron chi connectivity index (χ3n) is 2.75. The summed E-state index contributed by atoms with van der Waals surface area (Å²) >= 11 is 0. The van der Waals surface area contributed by atoms with Crippen LogP contribution in [0.15, 0.2) is 42.6 Å². The Morgan fingerprint density at radius 2 is 1.80 bits per heavy atom. The summed E-state index contributed by atoms with van der Waals surface area (Å²) in [6.07, 6.45) is 1.38. The standard InChI is InChI=1S/C13H11FN6/c14-12-9(10-6-11(15)19-13(16)18-10)7-17-20(12)8-4-2-1-3-5-8/h1-7H,(H4,15,16,18,19). The number of para-hydroxylation sites is 1. The Kier molecular flexibility index (Phi) is 2.79. The molecule has 0 amide bonds. The van der Waals surface area contributed by atoms with Crippen LogP contribution in [0.25, 0.3) is 16.9 Å². The van der Waals surface area contributed by atoms with Crippen LogP contribution in [0.3, 0.4) is 0 Å². The maximum Gasteiger partial charge on any atom is 0.225 e. The van der Waals surface area contributed by atoms with Gasteiger partial charge in [-0.15, -0.1) is 0 Å². The van der Waals surface area contributed by atoms with Gasteiger partial charge in [0.15, 0.2) is 0 Å². The van der Waals surface area contributed by atoms with Crippen molar-refractivity contribution in [3.8, 4) is 16.9 Å². The van der Waals surface area contributed by atoms with Crippen molar-refractivity contribution in [3.05, 3.63) is 48.5 Å². The van der Waals surface area contributed by atoms with Crippen LogP contribution in [-0.4, -0.2) is 19.7 Å². The molecule has 2 aromatic heterocycles. The summed E-state index contributed by atoms with van der Waals surface area (Å²) < 4.78 is 15.6. The van der Waals surface area contributed by atoms with Gasteiger partial charge in [0.2, 0.25) is 11.9 Å². The van der Waals surface area contributed by atoms with Crippen LogP contribution in [0.2, 0.25) is 0 Å². The van der Waals surface area contributed by atoms with Gasteiger partial charge in [0.1, 0.15) is 5.82 Å². The Labute approximate surface area is 113 Å². The fourth-order valence-electron chi connectivity index (χ4n) is 1.88. The summed E-state index contributed by atoms with van der Waals surface area (Å²) in [6.45, 7) is 0. The van der Waals surface area contributed by atoms with Crippen molar-refractivity contribution >= 4 is 11.8 Å². The lowest BCUT2D eigenvalue weighted by Gasteiger charge is -2.03. The van der Waals surface area contributed by atoms with Gasteiger partial charge in [-0.25, -0.2) is 9.67 Å². The number of benzene rings is 1. The Bertz CT molecular complexity index is 733. The lowest BCUT2D eigenvalue weighted by Crippen LogP contribution is -2.02. The van der Waals surface area contributed by atoms with Gasteiger partial charge in [0.05, 0.1) is 23.1 Å². The molecular weight excluding hydrogens is 259 g/mol. The summed E-state index contributed by atoms with van der Waals surface area (Å²) in [6, 6.07) is 10.4. The van der Waals surface area contributed by atoms with Crippen molar-refractivity contribution < 1.29 is 4.39 Å². The van der Waals surface area contributed by atoms with Crippen LogP contribution in [0.1, 0.15) is 0 Å². The van der Waals surface area contributed by atoms with Gasteiger partial charge in [-0.2, -0.15) is 14.5 Å². The van der Waals surface area contributed by atoms with E-state index in [0.29, 0.717) is 11.4 Å². The molecule has 100 valence electrons. The van der Waals surface area contributed by atoms with E-state index in [1.807, 2.05) is 6.07 Å². The second kappa shape index (κ2) is 4.61. The third-order valence-corrected chi connectivity index (χ3v) is 2.75. The Morgan fingerprint density at radius 1 is 1.05 bits per heavy atom. The molecule has 2 heterocycles. The zero-order valence-electron chi connectivity index (χ0n) is 10.4. The van der Waals surface area contributed by atoms with Crippen LogP contribution in [0.4, 0.5) is 16.2 Å². The molecule has 0 atom stereocenters. The van der Waals surface area contributed by atoms with Gasteiger partial charge in [-0.1, -0.05) is 18.2 Å². The summed E-state index contributed by atoms with van der Waals surface area (Å²) in [7, 11) is 0. The molecule has 0 aliphatic heterocycles. The van der Waals surface area contributed by atoms with Crippen LogP contribution in [0, 0.1) is 5.95 Å². The highest BCUT2D eigenvalue weighted by atomic mass is 19.1. The van der Waals surface area contributed by atoms with Crippen LogP contribution in [0.5, 0.6) is 0 Å². The summed E-state index contributed by atoms with van der Waals surface area (Å²) in [4.78, 5) is 7.71. The fourth-order valence-corrected chi connectivity index (χ4v) is 1.88. The Hall–Kier alpha value is -2.96. The Morgan fingerprint density at radius 3 is 2.50 bits per heavy atom. The van der Waals surface area contributed by atoms with E-state index in [1.54, 1.807) is 24.3 Å². The molecule has 20 heavy (non-hydrogen) atoms. The molecule has 0 saturated heterocycles. The molecule has 0 radical (unpaired) electrons. The predicted molar refractivity (Wildman–Crippen MR) is 73.4 cm³/mol. The molecule has 6 nitrogen and oxygen atoms in total. The molecule has 7 heteroatoms. The number of nitrogens with zero attached hydrogens (tertiary/aromatic N) is 4. The van der Waals surface area contributed by atoms with Gasteiger partial charge in [0, 0.05) is 6.07 Å². The van der Waals surface area contributed by atoms with Crippen LogP contribution in [-0.2, 0) is 0 Å². The molecule has 3 aromatic rings. The number of aromatic nitrogens is 4. The van der Waals surface area contributed by atoms with Crippen molar-refractivity contribution in [1.29, 1.82) is 0 Å². The first-order chi connectivity index (χ1) is 9.65.